The molecule has 0 spiro atoms. The molecule has 7 heteroatoms. The van der Waals surface area contributed by atoms with Crippen LogP contribution < -0.4 is 10.1 Å². The van der Waals surface area contributed by atoms with Crippen molar-refractivity contribution >= 4 is 11.7 Å². The number of Topliss-reactive ketones (excluding diaryl/α,β-unsaturated/α-hetero) is 1. The molecule has 4 aromatic rings. The van der Waals surface area contributed by atoms with E-state index in [-0.39, 0.29) is 11.6 Å². The van der Waals surface area contributed by atoms with Crippen LogP contribution in [0.3, 0.4) is 0 Å². The predicted molar refractivity (Wildman–Crippen MR) is 130 cm³/mol. The summed E-state index contributed by atoms with van der Waals surface area (Å²) >= 11 is 0. The first-order valence-electron chi connectivity index (χ1n) is 11.7. The third kappa shape index (κ3) is 4.10. The third-order valence-corrected chi connectivity index (χ3v) is 6.39. The number of ether oxygens (including phenoxy) is 1. The quantitative estimate of drug-likeness (QED) is 0.410. The molecule has 6 nitrogen and oxygen atoms in total. The van der Waals surface area contributed by atoms with Gasteiger partial charge in [0.15, 0.2) is 11.6 Å². The number of hydrogen-bond acceptors (Lipinski definition) is 5. The maximum Gasteiger partial charge on any atom is 0.226 e. The van der Waals surface area contributed by atoms with Gasteiger partial charge in [0.05, 0.1) is 0 Å². The molecule has 6 rings (SSSR count). The Hall–Kier alpha value is -4.26. The zero-order valence-electron chi connectivity index (χ0n) is 18.9. The van der Waals surface area contributed by atoms with Crippen molar-refractivity contribution in [3.63, 3.8) is 0 Å². The van der Waals surface area contributed by atoms with Gasteiger partial charge in [-0.1, -0.05) is 42.5 Å². The standard InChI is InChI=1S/C28H23FN4O2/c29-21-14-12-19(13-15-21)27-31-28-30-23-10-5-11-24(34)25(23)26(33(28)32-27)20-8-4-9-22(16-20)35-17-18-6-2-1-3-7-18/h1-4,6-9,12-16,26H,5,10-11,17H2,(H,30,31,32). The number of nitrogens with one attached hydrogen (secondary N) is 1. The summed E-state index contributed by atoms with van der Waals surface area (Å²) in [6, 6.07) is 23.5. The van der Waals surface area contributed by atoms with Gasteiger partial charge in [0.2, 0.25) is 5.95 Å². The Kier molecular flexibility index (Phi) is 5.37. The van der Waals surface area contributed by atoms with Gasteiger partial charge in [-0.2, -0.15) is 4.98 Å². The number of halogens is 1. The van der Waals surface area contributed by atoms with Crippen LogP contribution in [0.15, 0.2) is 90.1 Å². The second kappa shape index (κ2) is 8.83. The topological polar surface area (TPSA) is 69.0 Å². The number of fused-ring (bicyclic) bond motifs is 1. The largest absolute Gasteiger partial charge is 0.489 e. The van der Waals surface area contributed by atoms with Crippen LogP contribution in [0.1, 0.15) is 36.4 Å². The molecule has 0 bridgehead atoms. The Balaban J connectivity index is 1.39. The first kappa shape index (κ1) is 21.3. The fourth-order valence-electron chi connectivity index (χ4n) is 4.70. The van der Waals surface area contributed by atoms with E-state index in [2.05, 4.69) is 10.3 Å². The molecule has 2 aliphatic rings. The van der Waals surface area contributed by atoms with Gasteiger partial charge in [0.1, 0.15) is 24.2 Å². The van der Waals surface area contributed by atoms with E-state index < -0.39 is 6.04 Å². The second-order valence-corrected chi connectivity index (χ2v) is 8.75. The number of rotatable bonds is 5. The van der Waals surface area contributed by atoms with E-state index in [0.29, 0.717) is 30.4 Å². The first-order valence-corrected chi connectivity index (χ1v) is 11.7. The minimum atomic E-state index is -0.420. The Bertz CT molecular complexity index is 1430. The van der Waals surface area contributed by atoms with Crippen LogP contribution in [-0.4, -0.2) is 20.5 Å². The summed E-state index contributed by atoms with van der Waals surface area (Å²) in [6.45, 7) is 0.451. The maximum atomic E-state index is 13.5. The Morgan fingerprint density at radius 3 is 2.66 bits per heavy atom. The number of hydrogen-bond donors (Lipinski definition) is 1. The lowest BCUT2D eigenvalue weighted by molar-refractivity contribution is -0.116. The predicted octanol–water partition coefficient (Wildman–Crippen LogP) is 5.69. The van der Waals surface area contributed by atoms with Crippen LogP contribution in [0, 0.1) is 5.82 Å². The maximum absolute atomic E-state index is 13.5. The molecule has 35 heavy (non-hydrogen) atoms. The number of benzene rings is 3. The zero-order valence-corrected chi connectivity index (χ0v) is 18.9. The Morgan fingerprint density at radius 2 is 1.83 bits per heavy atom. The van der Waals surface area contributed by atoms with E-state index in [1.165, 1.54) is 12.1 Å². The SMILES string of the molecule is O=C1CCCC2=C1C(c1cccc(OCc3ccccc3)c1)n1nc(-c3ccc(F)cc3)nc1N2. The highest BCUT2D eigenvalue weighted by molar-refractivity contribution is 5.99. The van der Waals surface area contributed by atoms with Gasteiger partial charge in [0, 0.05) is 23.3 Å². The summed E-state index contributed by atoms with van der Waals surface area (Å²) in [7, 11) is 0. The van der Waals surface area contributed by atoms with Crippen molar-refractivity contribution in [1.82, 2.24) is 14.8 Å². The van der Waals surface area contributed by atoms with E-state index in [9.17, 15) is 9.18 Å². The molecule has 1 aromatic heterocycles. The number of anilines is 1. The normalized spacial score (nSPS) is 16.9. The average Bonchev–Trinajstić information content (AvgIpc) is 3.31. The molecular formula is C28H23FN4O2. The summed E-state index contributed by atoms with van der Waals surface area (Å²) in [4.78, 5) is 17.8. The van der Waals surface area contributed by atoms with E-state index in [0.717, 1.165) is 41.0 Å². The molecule has 1 atom stereocenters. The van der Waals surface area contributed by atoms with Crippen LogP contribution >= 0.6 is 0 Å². The average molecular weight is 467 g/mol. The van der Waals surface area contributed by atoms with Gasteiger partial charge in [-0.05, 0) is 60.4 Å². The Labute approximate surface area is 202 Å². The molecule has 1 unspecified atom stereocenters. The molecule has 0 fully saturated rings. The number of carbonyl (C=O) groups excluding carboxylic acids is 1. The summed E-state index contributed by atoms with van der Waals surface area (Å²) < 4.78 is 21.3. The molecule has 174 valence electrons. The van der Waals surface area contributed by atoms with Gasteiger partial charge in [-0.25, -0.2) is 9.07 Å². The molecule has 0 saturated heterocycles. The molecular weight excluding hydrogens is 443 g/mol. The van der Waals surface area contributed by atoms with Crippen LogP contribution in [0.4, 0.5) is 10.3 Å². The van der Waals surface area contributed by atoms with E-state index in [4.69, 9.17) is 9.84 Å². The monoisotopic (exact) mass is 466 g/mol. The summed E-state index contributed by atoms with van der Waals surface area (Å²) in [5.74, 6) is 1.56. The number of ketones is 1. The van der Waals surface area contributed by atoms with Crippen LogP contribution in [0.2, 0.25) is 0 Å². The zero-order chi connectivity index (χ0) is 23.8. The van der Waals surface area contributed by atoms with E-state index in [1.807, 2.05) is 54.6 Å². The van der Waals surface area contributed by atoms with Crippen molar-refractivity contribution < 1.29 is 13.9 Å². The third-order valence-electron chi connectivity index (χ3n) is 6.39. The highest BCUT2D eigenvalue weighted by atomic mass is 19.1. The molecule has 1 aliphatic heterocycles. The fraction of sp³-hybridized carbons (Fsp3) is 0.179. The van der Waals surface area contributed by atoms with Crippen LogP contribution in [-0.2, 0) is 11.4 Å². The molecule has 2 heterocycles. The molecule has 3 aromatic carbocycles. The van der Waals surface area contributed by atoms with Crippen molar-refractivity contribution in [1.29, 1.82) is 0 Å². The lowest BCUT2D eigenvalue weighted by Crippen LogP contribution is -2.31. The lowest BCUT2D eigenvalue weighted by atomic mass is 9.85. The van der Waals surface area contributed by atoms with Gasteiger partial charge >= 0.3 is 0 Å². The number of carbonyl (C=O) groups is 1. The summed E-state index contributed by atoms with van der Waals surface area (Å²) in [5, 5.41) is 8.09. The highest BCUT2D eigenvalue weighted by Crippen LogP contribution is 2.41. The van der Waals surface area contributed by atoms with Crippen LogP contribution in [0.25, 0.3) is 11.4 Å². The van der Waals surface area contributed by atoms with E-state index in [1.54, 1.807) is 16.8 Å². The van der Waals surface area contributed by atoms with Gasteiger partial charge in [-0.3, -0.25) is 4.79 Å². The Morgan fingerprint density at radius 1 is 1.00 bits per heavy atom. The fourth-order valence-corrected chi connectivity index (χ4v) is 4.70. The van der Waals surface area contributed by atoms with Gasteiger partial charge < -0.3 is 10.1 Å². The first-order chi connectivity index (χ1) is 17.2. The van der Waals surface area contributed by atoms with E-state index >= 15 is 0 Å². The van der Waals surface area contributed by atoms with Crippen molar-refractivity contribution in [2.24, 2.45) is 0 Å². The molecule has 1 aliphatic carbocycles. The van der Waals surface area contributed by atoms with Gasteiger partial charge in [-0.15, -0.1) is 5.10 Å². The number of nitrogens with zero attached hydrogens (tertiary/aromatic N) is 3. The molecule has 0 radical (unpaired) electrons. The minimum Gasteiger partial charge on any atom is -0.489 e. The number of allylic oxidation sites excluding steroid dienone is 2. The summed E-state index contributed by atoms with van der Waals surface area (Å²) in [6.07, 6.45) is 2.09. The molecule has 0 amide bonds. The highest BCUT2D eigenvalue weighted by Gasteiger charge is 2.37. The van der Waals surface area contributed by atoms with Crippen molar-refractivity contribution in [3.8, 4) is 17.1 Å². The van der Waals surface area contributed by atoms with Crippen molar-refractivity contribution in [2.45, 2.75) is 31.9 Å². The summed E-state index contributed by atoms with van der Waals surface area (Å²) in [5.41, 5.74) is 4.30. The second-order valence-electron chi connectivity index (χ2n) is 8.75. The molecule has 0 saturated carbocycles. The van der Waals surface area contributed by atoms with Crippen molar-refractivity contribution in [3.05, 3.63) is 107 Å². The minimum absolute atomic E-state index is 0.115. The number of aromatic nitrogens is 3. The smallest absolute Gasteiger partial charge is 0.226 e. The van der Waals surface area contributed by atoms with Gasteiger partial charge in [0.25, 0.3) is 0 Å². The lowest BCUT2D eigenvalue weighted by Gasteiger charge is -2.32. The molecule has 1 N–H and O–H groups in total. The van der Waals surface area contributed by atoms with Crippen molar-refractivity contribution in [2.75, 3.05) is 5.32 Å². The van der Waals surface area contributed by atoms with Crippen LogP contribution in [0.5, 0.6) is 5.75 Å².